The monoisotopic (exact) mass is 245 g/mol. The second kappa shape index (κ2) is 5.40. The van der Waals surface area contributed by atoms with E-state index in [9.17, 15) is 8.42 Å². The summed E-state index contributed by atoms with van der Waals surface area (Å²) in [5, 5.41) is 2.89. The van der Waals surface area contributed by atoms with Gasteiger partial charge in [-0.15, -0.1) is 0 Å². The average Bonchev–Trinajstić information content (AvgIpc) is 2.25. The van der Waals surface area contributed by atoms with Crippen molar-refractivity contribution in [2.75, 3.05) is 7.05 Å². The summed E-state index contributed by atoms with van der Waals surface area (Å²) in [5.74, 6) is 0. The predicted molar refractivity (Wildman–Crippen MR) is 60.3 cm³/mol. The standard InChI is InChI=1S/C10H15NO4S/c1-8(11-2)10(15-16(12,13)14)9-6-4-3-5-7-9/h3-8,10-11H,1-2H3,(H,12,13,14)/t8-,10?/m0/s1. The molecule has 2 atom stereocenters. The summed E-state index contributed by atoms with van der Waals surface area (Å²) in [5.41, 5.74) is 0.682. The molecule has 1 unspecified atom stereocenters. The molecule has 0 spiro atoms. The average molecular weight is 245 g/mol. The van der Waals surface area contributed by atoms with Crippen LogP contribution in [0.5, 0.6) is 0 Å². The highest BCUT2D eigenvalue weighted by Crippen LogP contribution is 2.22. The van der Waals surface area contributed by atoms with Crippen molar-refractivity contribution >= 4 is 10.4 Å². The highest BCUT2D eigenvalue weighted by Gasteiger charge is 2.24. The molecule has 0 aliphatic heterocycles. The summed E-state index contributed by atoms with van der Waals surface area (Å²) in [6, 6.07) is 8.60. The van der Waals surface area contributed by atoms with Crippen LogP contribution in [-0.2, 0) is 14.6 Å². The lowest BCUT2D eigenvalue weighted by Gasteiger charge is -2.22. The molecule has 0 radical (unpaired) electrons. The molecule has 1 aromatic rings. The Kier molecular flexibility index (Phi) is 4.43. The van der Waals surface area contributed by atoms with Crippen LogP contribution >= 0.6 is 0 Å². The zero-order valence-electron chi connectivity index (χ0n) is 9.12. The molecular weight excluding hydrogens is 230 g/mol. The molecule has 0 fully saturated rings. The van der Waals surface area contributed by atoms with Crippen LogP contribution in [0.15, 0.2) is 30.3 Å². The van der Waals surface area contributed by atoms with Crippen LogP contribution in [0, 0.1) is 0 Å². The largest absolute Gasteiger partial charge is 0.398 e. The molecule has 1 rings (SSSR count). The predicted octanol–water partition coefficient (Wildman–Crippen LogP) is 1.16. The minimum absolute atomic E-state index is 0.246. The Bertz CT molecular complexity index is 418. The number of hydrogen-bond acceptors (Lipinski definition) is 4. The first-order valence-electron chi connectivity index (χ1n) is 4.82. The van der Waals surface area contributed by atoms with Crippen LogP contribution in [0.1, 0.15) is 18.6 Å². The Hall–Kier alpha value is -0.950. The van der Waals surface area contributed by atoms with Gasteiger partial charge in [-0.1, -0.05) is 30.3 Å². The normalized spacial score (nSPS) is 15.7. The molecule has 16 heavy (non-hydrogen) atoms. The number of likely N-dealkylation sites (N-methyl/N-ethyl adjacent to an activating group) is 1. The van der Waals surface area contributed by atoms with Crippen molar-refractivity contribution < 1.29 is 17.2 Å². The molecule has 0 aliphatic carbocycles. The van der Waals surface area contributed by atoms with E-state index in [0.29, 0.717) is 5.56 Å². The fourth-order valence-corrected chi connectivity index (χ4v) is 1.89. The van der Waals surface area contributed by atoms with E-state index in [4.69, 9.17) is 4.55 Å². The van der Waals surface area contributed by atoms with E-state index in [2.05, 4.69) is 9.50 Å². The summed E-state index contributed by atoms with van der Waals surface area (Å²) in [6.07, 6.45) is -0.749. The lowest BCUT2D eigenvalue weighted by atomic mass is 10.0. The quantitative estimate of drug-likeness (QED) is 0.761. The second-order valence-corrected chi connectivity index (χ2v) is 4.48. The van der Waals surface area contributed by atoms with Gasteiger partial charge in [0, 0.05) is 6.04 Å². The molecule has 2 N–H and O–H groups in total. The first-order valence-corrected chi connectivity index (χ1v) is 6.18. The van der Waals surface area contributed by atoms with Crippen LogP contribution in [-0.4, -0.2) is 26.1 Å². The van der Waals surface area contributed by atoms with Crippen LogP contribution < -0.4 is 5.32 Å². The van der Waals surface area contributed by atoms with E-state index < -0.39 is 16.5 Å². The molecule has 0 heterocycles. The third-order valence-electron chi connectivity index (χ3n) is 2.26. The van der Waals surface area contributed by atoms with Gasteiger partial charge in [-0.2, -0.15) is 8.42 Å². The van der Waals surface area contributed by atoms with Crippen molar-refractivity contribution in [1.82, 2.24) is 5.32 Å². The van der Waals surface area contributed by atoms with E-state index in [1.807, 2.05) is 6.07 Å². The van der Waals surface area contributed by atoms with Gasteiger partial charge in [-0.3, -0.25) is 4.55 Å². The Labute approximate surface area is 95.4 Å². The van der Waals surface area contributed by atoms with Gasteiger partial charge in [-0.25, -0.2) is 4.18 Å². The zero-order valence-corrected chi connectivity index (χ0v) is 9.94. The first-order chi connectivity index (χ1) is 7.44. The lowest BCUT2D eigenvalue weighted by Crippen LogP contribution is -2.32. The van der Waals surface area contributed by atoms with Crippen LogP contribution in [0.2, 0.25) is 0 Å². The van der Waals surface area contributed by atoms with Crippen molar-refractivity contribution in [3.8, 4) is 0 Å². The molecule has 0 aromatic heterocycles. The van der Waals surface area contributed by atoms with E-state index >= 15 is 0 Å². The van der Waals surface area contributed by atoms with E-state index in [0.717, 1.165) is 0 Å². The van der Waals surface area contributed by atoms with E-state index in [1.54, 1.807) is 38.2 Å². The number of rotatable bonds is 5. The lowest BCUT2D eigenvalue weighted by molar-refractivity contribution is 0.151. The van der Waals surface area contributed by atoms with Gasteiger partial charge in [-0.05, 0) is 19.5 Å². The van der Waals surface area contributed by atoms with Crippen LogP contribution in [0.4, 0.5) is 0 Å². The smallest absolute Gasteiger partial charge is 0.314 e. The van der Waals surface area contributed by atoms with Gasteiger partial charge in [0.2, 0.25) is 0 Å². The maximum absolute atomic E-state index is 10.7. The highest BCUT2D eigenvalue weighted by molar-refractivity contribution is 7.80. The molecule has 0 bridgehead atoms. The summed E-state index contributed by atoms with van der Waals surface area (Å²) < 4.78 is 34.8. The van der Waals surface area contributed by atoms with E-state index in [1.165, 1.54) is 0 Å². The number of nitrogens with one attached hydrogen (secondary N) is 1. The molecule has 0 amide bonds. The van der Waals surface area contributed by atoms with Crippen molar-refractivity contribution in [2.24, 2.45) is 0 Å². The molecule has 1 aromatic carbocycles. The summed E-state index contributed by atoms with van der Waals surface area (Å²) >= 11 is 0. The third kappa shape index (κ3) is 3.90. The molecule has 0 aliphatic rings. The summed E-state index contributed by atoms with van der Waals surface area (Å²) in [7, 11) is -2.78. The number of benzene rings is 1. The SMILES string of the molecule is CN[C@@H](C)C(OS(=O)(=O)O)c1ccccc1. The minimum atomic E-state index is -4.47. The Morgan fingerprint density at radius 3 is 2.31 bits per heavy atom. The molecule has 0 saturated heterocycles. The van der Waals surface area contributed by atoms with Crippen LogP contribution in [0.3, 0.4) is 0 Å². The van der Waals surface area contributed by atoms with Gasteiger partial charge >= 0.3 is 10.4 Å². The van der Waals surface area contributed by atoms with Gasteiger partial charge in [0.15, 0.2) is 0 Å². The van der Waals surface area contributed by atoms with E-state index in [-0.39, 0.29) is 6.04 Å². The third-order valence-corrected chi connectivity index (χ3v) is 2.71. The Balaban J connectivity index is 2.97. The maximum Gasteiger partial charge on any atom is 0.398 e. The highest BCUT2D eigenvalue weighted by atomic mass is 32.3. The fraction of sp³-hybridized carbons (Fsp3) is 0.400. The fourth-order valence-electron chi connectivity index (χ4n) is 1.35. The van der Waals surface area contributed by atoms with Crippen LogP contribution in [0.25, 0.3) is 0 Å². The van der Waals surface area contributed by atoms with Crippen molar-refractivity contribution in [3.05, 3.63) is 35.9 Å². The van der Waals surface area contributed by atoms with Gasteiger partial charge in [0.1, 0.15) is 6.10 Å². The van der Waals surface area contributed by atoms with Gasteiger partial charge < -0.3 is 5.32 Å². The zero-order chi connectivity index (χ0) is 12.2. The molecular formula is C10H15NO4S. The van der Waals surface area contributed by atoms with Crippen molar-refractivity contribution in [3.63, 3.8) is 0 Å². The molecule has 6 heteroatoms. The Morgan fingerprint density at radius 2 is 1.88 bits per heavy atom. The molecule has 0 saturated carbocycles. The topological polar surface area (TPSA) is 75.6 Å². The van der Waals surface area contributed by atoms with Gasteiger partial charge in [0.05, 0.1) is 0 Å². The van der Waals surface area contributed by atoms with Crippen molar-refractivity contribution in [1.29, 1.82) is 0 Å². The molecule has 90 valence electrons. The second-order valence-electron chi connectivity index (χ2n) is 3.43. The number of hydrogen-bond donors (Lipinski definition) is 2. The summed E-state index contributed by atoms with van der Waals surface area (Å²) in [4.78, 5) is 0. The minimum Gasteiger partial charge on any atom is -0.314 e. The Morgan fingerprint density at radius 1 is 1.31 bits per heavy atom. The van der Waals surface area contributed by atoms with Crippen molar-refractivity contribution in [2.45, 2.75) is 19.1 Å². The first kappa shape index (κ1) is 13.1. The van der Waals surface area contributed by atoms with Gasteiger partial charge in [0.25, 0.3) is 0 Å². The maximum atomic E-state index is 10.7. The summed E-state index contributed by atoms with van der Waals surface area (Å²) in [6.45, 7) is 1.77. The molecule has 5 nitrogen and oxygen atoms in total.